The summed E-state index contributed by atoms with van der Waals surface area (Å²) in [5, 5.41) is 2.67. The van der Waals surface area contributed by atoms with Gasteiger partial charge in [-0.1, -0.05) is 130 Å². The van der Waals surface area contributed by atoms with Gasteiger partial charge in [-0.05, 0) is 77.6 Å². The number of amides is 5. The molecule has 3 heterocycles. The summed E-state index contributed by atoms with van der Waals surface area (Å²) in [7, 11) is -4.10. The average molecular weight is 893 g/mol. The lowest BCUT2D eigenvalue weighted by atomic mass is 9.62. The van der Waals surface area contributed by atoms with Crippen LogP contribution in [0, 0.1) is 11.3 Å². The van der Waals surface area contributed by atoms with E-state index in [1.54, 1.807) is 4.90 Å². The largest absolute Gasteiger partial charge is 0.433 e. The molecular weight excluding hydrogens is 813 g/mol. The smallest absolute Gasteiger partial charge is 0.418 e. The summed E-state index contributed by atoms with van der Waals surface area (Å²) >= 11 is 0. The van der Waals surface area contributed by atoms with Crippen LogP contribution in [0.5, 0.6) is 0 Å². The lowest BCUT2D eigenvalue weighted by Gasteiger charge is -2.48. The van der Waals surface area contributed by atoms with Crippen LogP contribution in [0.15, 0.2) is 0 Å². The monoisotopic (exact) mass is 893 g/mol. The highest BCUT2D eigenvalue weighted by Crippen LogP contribution is 2.56. The van der Waals surface area contributed by atoms with Crippen LogP contribution in [0.1, 0.15) is 202 Å². The maximum atomic E-state index is 14.3. The number of nitrogens with one attached hydrogen (secondary N) is 2. The Morgan fingerprint density at radius 2 is 1.42 bits per heavy atom. The van der Waals surface area contributed by atoms with Gasteiger partial charge in [-0.15, -0.1) is 0 Å². The van der Waals surface area contributed by atoms with Gasteiger partial charge in [0.25, 0.3) is 17.7 Å². The van der Waals surface area contributed by atoms with Gasteiger partial charge < -0.3 is 24.4 Å². The van der Waals surface area contributed by atoms with Gasteiger partial charge in [0.2, 0.25) is 22.0 Å². The van der Waals surface area contributed by atoms with Crippen molar-refractivity contribution in [1.29, 1.82) is 0 Å². The summed E-state index contributed by atoms with van der Waals surface area (Å²) in [4.78, 5) is 71.2. The number of unbranched alkanes of at least 4 members (excludes halogenated alkanes) is 14. The average Bonchev–Trinajstić information content (AvgIpc) is 3.81. The maximum absolute atomic E-state index is 14.3. The number of imide groups is 1. The summed E-state index contributed by atoms with van der Waals surface area (Å²) < 4.78 is 47.2. The summed E-state index contributed by atoms with van der Waals surface area (Å²) in [6.45, 7) is 9.43. The molecule has 354 valence electrons. The van der Waals surface area contributed by atoms with Gasteiger partial charge in [0.1, 0.15) is 11.5 Å². The Bertz CT molecular complexity index is 1640. The van der Waals surface area contributed by atoms with Crippen LogP contribution in [-0.4, -0.2) is 102 Å². The van der Waals surface area contributed by atoms with Crippen molar-refractivity contribution < 1.29 is 46.6 Å². The van der Waals surface area contributed by atoms with Gasteiger partial charge >= 0.3 is 6.09 Å². The van der Waals surface area contributed by atoms with E-state index < -0.39 is 80.5 Å². The zero-order valence-electron chi connectivity index (χ0n) is 38.8. The number of rotatable bonds is 26. The first kappa shape index (κ1) is 50.2. The Hall–Kier alpha value is -2.78. The van der Waals surface area contributed by atoms with Crippen LogP contribution in [0.3, 0.4) is 0 Å². The van der Waals surface area contributed by atoms with Gasteiger partial charge in [0.05, 0.1) is 17.6 Å². The van der Waals surface area contributed by atoms with Crippen molar-refractivity contribution in [2.24, 2.45) is 11.3 Å². The molecule has 5 aliphatic rings. The van der Waals surface area contributed by atoms with Crippen LogP contribution >= 0.6 is 0 Å². The Balaban J connectivity index is 1.24. The zero-order chi connectivity index (χ0) is 45.0. The Kier molecular flexibility index (Phi) is 18.6. The van der Waals surface area contributed by atoms with Crippen LogP contribution < -0.4 is 10.0 Å². The fourth-order valence-corrected chi connectivity index (χ4v) is 13.6. The molecule has 5 amide bonds. The number of carbonyl (C=O) groups is 5. The number of ether oxygens (including phenoxy) is 3. The second kappa shape index (κ2) is 22.9. The molecule has 2 saturated carbocycles. The molecule has 2 N–H and O–H groups in total. The molecule has 5 rings (SSSR count). The van der Waals surface area contributed by atoms with Gasteiger partial charge in [0.15, 0.2) is 5.60 Å². The SMILES string of the molecule is CCCCCCCCCCCCCCCCOC1CCC2(CC1OCNC(=O)C(C(=O)N1CCC3CCCCC31)N1C(=O)OC(C)(C)C1=O)C(CC)(CCCC)C(=O)NS2(=O)=O. The maximum Gasteiger partial charge on any atom is 0.418 e. The molecule has 7 atom stereocenters. The summed E-state index contributed by atoms with van der Waals surface area (Å²) in [6, 6.07) is -1.87. The number of likely N-dealkylation sites (tertiary alicyclic amines) is 1. The first-order valence-electron chi connectivity index (χ1n) is 24.6. The third-order valence-electron chi connectivity index (χ3n) is 15.1. The topological polar surface area (TPSA) is 178 Å². The molecule has 7 unspecified atom stereocenters. The number of hydrogen-bond donors (Lipinski definition) is 2. The fourth-order valence-electron chi connectivity index (χ4n) is 11.3. The molecule has 0 aromatic carbocycles. The van der Waals surface area contributed by atoms with Gasteiger partial charge in [-0.2, -0.15) is 0 Å². The third kappa shape index (κ3) is 11.2. The number of sulfonamides is 1. The number of fused-ring (bicyclic) bond motifs is 1. The summed E-state index contributed by atoms with van der Waals surface area (Å²) in [5.41, 5.74) is -2.71. The van der Waals surface area contributed by atoms with Crippen molar-refractivity contribution in [1.82, 2.24) is 19.8 Å². The molecule has 0 aromatic heterocycles. The van der Waals surface area contributed by atoms with Gasteiger partial charge in [0, 0.05) is 19.2 Å². The van der Waals surface area contributed by atoms with E-state index in [1.807, 2.05) is 13.8 Å². The van der Waals surface area contributed by atoms with Crippen LogP contribution in [0.25, 0.3) is 0 Å². The number of carbonyl (C=O) groups excluding carboxylic acids is 5. The summed E-state index contributed by atoms with van der Waals surface area (Å²) in [5.74, 6) is -2.47. The van der Waals surface area contributed by atoms with Crippen LogP contribution in [0.2, 0.25) is 0 Å². The first-order chi connectivity index (χ1) is 29.7. The van der Waals surface area contributed by atoms with E-state index >= 15 is 0 Å². The van der Waals surface area contributed by atoms with Crippen molar-refractivity contribution in [3.63, 3.8) is 0 Å². The Morgan fingerprint density at radius 3 is 2.02 bits per heavy atom. The highest BCUT2D eigenvalue weighted by Gasteiger charge is 2.70. The highest BCUT2D eigenvalue weighted by atomic mass is 32.2. The van der Waals surface area contributed by atoms with E-state index in [1.165, 1.54) is 84.5 Å². The van der Waals surface area contributed by atoms with E-state index in [2.05, 4.69) is 17.0 Å². The van der Waals surface area contributed by atoms with Crippen molar-refractivity contribution in [3.8, 4) is 0 Å². The quantitative estimate of drug-likeness (QED) is 0.0489. The minimum atomic E-state index is -4.10. The number of nitrogens with zero attached hydrogens (tertiary/aromatic N) is 2. The van der Waals surface area contributed by atoms with Crippen molar-refractivity contribution >= 4 is 39.7 Å². The molecule has 2 aliphatic carbocycles. The molecule has 14 nitrogen and oxygen atoms in total. The molecular formula is C47H80N4O10S. The zero-order valence-corrected chi connectivity index (χ0v) is 39.6. The number of hydrogen-bond acceptors (Lipinski definition) is 10. The molecule has 62 heavy (non-hydrogen) atoms. The molecule has 15 heteroatoms. The Labute approximate surface area is 372 Å². The normalized spacial score (nSPS) is 29.5. The minimum Gasteiger partial charge on any atom is -0.433 e. The third-order valence-corrected chi connectivity index (χ3v) is 17.3. The lowest BCUT2D eigenvalue weighted by molar-refractivity contribution is -0.152. The molecule has 0 bridgehead atoms. The van der Waals surface area contributed by atoms with Gasteiger partial charge in [-0.3, -0.25) is 23.9 Å². The number of cyclic esters (lactones) is 1. The second-order valence-electron chi connectivity index (χ2n) is 19.5. The second-order valence-corrected chi connectivity index (χ2v) is 21.5. The predicted molar refractivity (Wildman–Crippen MR) is 237 cm³/mol. The van der Waals surface area contributed by atoms with Crippen LogP contribution in [0.4, 0.5) is 4.79 Å². The van der Waals surface area contributed by atoms with Crippen molar-refractivity contribution in [3.05, 3.63) is 0 Å². The van der Waals surface area contributed by atoms with Crippen molar-refractivity contribution in [2.45, 2.75) is 236 Å². The molecule has 3 saturated heterocycles. The van der Waals surface area contributed by atoms with E-state index in [0.29, 0.717) is 49.7 Å². The van der Waals surface area contributed by atoms with E-state index in [0.717, 1.165) is 57.8 Å². The molecule has 1 spiro atoms. The van der Waals surface area contributed by atoms with E-state index in [9.17, 15) is 32.4 Å². The van der Waals surface area contributed by atoms with E-state index in [4.69, 9.17) is 14.2 Å². The van der Waals surface area contributed by atoms with Crippen LogP contribution in [-0.2, 0) is 43.4 Å². The molecule has 5 fully saturated rings. The first-order valence-corrected chi connectivity index (χ1v) is 26.1. The predicted octanol–water partition coefficient (Wildman–Crippen LogP) is 8.20. The molecule has 3 aliphatic heterocycles. The van der Waals surface area contributed by atoms with E-state index in [-0.39, 0.29) is 18.9 Å². The lowest BCUT2D eigenvalue weighted by Crippen LogP contribution is -2.60. The molecule has 0 radical (unpaired) electrons. The standard InChI is InChI=1S/C47H80N4O10S/c1-6-9-11-12-13-14-15-16-17-18-19-20-21-24-32-59-37-27-30-47(46(8-3,29-10-7-2)42(54)49-62(47,57)58)33-38(37)60-34-48-40(52)39(51-43(55)45(4,5)61-44(51)56)41(53)50-31-28-35-25-22-23-26-36(35)50/h35-39H,6-34H2,1-5H3,(H,48,52)(H,49,54). The minimum absolute atomic E-state index is 0.0186. The van der Waals surface area contributed by atoms with Gasteiger partial charge in [-0.25, -0.2) is 18.1 Å². The fraction of sp³-hybridized carbons (Fsp3) is 0.894. The summed E-state index contributed by atoms with van der Waals surface area (Å²) in [6.07, 6.45) is 22.3. The highest BCUT2D eigenvalue weighted by molar-refractivity contribution is 7.92. The van der Waals surface area contributed by atoms with Crippen molar-refractivity contribution in [2.75, 3.05) is 19.9 Å². The Morgan fingerprint density at radius 1 is 0.806 bits per heavy atom. The molecule has 0 aromatic rings.